The van der Waals surface area contributed by atoms with Gasteiger partial charge in [-0.25, -0.2) is 4.79 Å². The lowest BCUT2D eigenvalue weighted by molar-refractivity contribution is -1.02. The highest BCUT2D eigenvalue weighted by atomic mass is 19.4. The summed E-state index contributed by atoms with van der Waals surface area (Å²) in [5, 5.41) is 4.61. The standard InChI is InChI=1S/C17H23F3N4O2/c1-12(15(25)22-16(26)21-2)24-8-6-23(7-9-24)11-13-4-3-5-14(10-13)17(18,19)20/h3-5,10,12H,6-9,11H2,1-2H3,(H2,21,22,25,26)/p+2/t12-/m1/s1. The zero-order valence-electron chi connectivity index (χ0n) is 14.9. The molecular formula is C17H25F3N4O2+2. The van der Waals surface area contributed by atoms with Gasteiger partial charge in [-0.2, -0.15) is 13.2 Å². The van der Waals surface area contributed by atoms with E-state index in [4.69, 9.17) is 0 Å². The second kappa shape index (κ2) is 8.50. The van der Waals surface area contributed by atoms with Gasteiger partial charge in [-0.15, -0.1) is 0 Å². The molecule has 1 aromatic rings. The van der Waals surface area contributed by atoms with Crippen LogP contribution in [0.25, 0.3) is 0 Å². The van der Waals surface area contributed by atoms with Crippen LogP contribution >= 0.6 is 0 Å². The van der Waals surface area contributed by atoms with Crippen LogP contribution in [0.15, 0.2) is 24.3 Å². The normalized spacial score (nSPS) is 21.7. The Morgan fingerprint density at radius 1 is 1.19 bits per heavy atom. The van der Waals surface area contributed by atoms with Crippen molar-refractivity contribution in [2.45, 2.75) is 25.7 Å². The molecule has 9 heteroatoms. The zero-order valence-corrected chi connectivity index (χ0v) is 14.9. The Kier molecular flexibility index (Phi) is 6.60. The molecule has 1 aliphatic rings. The summed E-state index contributed by atoms with van der Waals surface area (Å²) in [6.45, 7) is 5.24. The highest BCUT2D eigenvalue weighted by Crippen LogP contribution is 2.29. The van der Waals surface area contributed by atoms with Crippen LogP contribution in [0, 0.1) is 0 Å². The maximum atomic E-state index is 12.8. The fourth-order valence-electron chi connectivity index (χ4n) is 3.15. The number of benzene rings is 1. The second-order valence-electron chi connectivity index (χ2n) is 6.57. The van der Waals surface area contributed by atoms with Gasteiger partial charge in [0.1, 0.15) is 32.7 Å². The largest absolute Gasteiger partial charge is 0.416 e. The van der Waals surface area contributed by atoms with Crippen molar-refractivity contribution in [3.63, 3.8) is 0 Å². The van der Waals surface area contributed by atoms with E-state index in [9.17, 15) is 22.8 Å². The van der Waals surface area contributed by atoms with E-state index in [-0.39, 0.29) is 11.9 Å². The van der Waals surface area contributed by atoms with Crippen molar-refractivity contribution in [2.75, 3.05) is 33.2 Å². The van der Waals surface area contributed by atoms with Crippen LogP contribution in [0.4, 0.5) is 18.0 Å². The topological polar surface area (TPSA) is 67.1 Å². The Labute approximate surface area is 150 Å². The van der Waals surface area contributed by atoms with Gasteiger partial charge in [-0.3, -0.25) is 10.1 Å². The summed E-state index contributed by atoms with van der Waals surface area (Å²) in [5.41, 5.74) is 0.0295. The van der Waals surface area contributed by atoms with Gasteiger partial charge >= 0.3 is 12.2 Å². The summed E-state index contributed by atoms with van der Waals surface area (Å²) in [4.78, 5) is 25.5. The van der Waals surface area contributed by atoms with E-state index in [0.29, 0.717) is 12.1 Å². The Balaban J connectivity index is 1.87. The molecule has 1 atom stereocenters. The number of nitrogens with one attached hydrogen (secondary N) is 4. The van der Waals surface area contributed by atoms with Crippen LogP contribution in [-0.2, 0) is 17.5 Å². The lowest BCUT2D eigenvalue weighted by atomic mass is 10.1. The third-order valence-corrected chi connectivity index (χ3v) is 4.78. The Morgan fingerprint density at radius 3 is 2.42 bits per heavy atom. The van der Waals surface area contributed by atoms with Crippen LogP contribution in [0.5, 0.6) is 0 Å². The molecule has 0 saturated carbocycles. The molecule has 3 amide bonds. The van der Waals surface area contributed by atoms with Crippen LogP contribution in [0.3, 0.4) is 0 Å². The Bertz CT molecular complexity index is 643. The molecule has 1 fully saturated rings. The smallest absolute Gasteiger partial charge is 0.341 e. The third-order valence-electron chi connectivity index (χ3n) is 4.78. The molecule has 4 N–H and O–H groups in total. The Morgan fingerprint density at radius 2 is 1.85 bits per heavy atom. The van der Waals surface area contributed by atoms with E-state index in [2.05, 4.69) is 10.6 Å². The first-order valence-corrected chi connectivity index (χ1v) is 8.57. The highest BCUT2D eigenvalue weighted by molar-refractivity contribution is 5.96. The minimum Gasteiger partial charge on any atom is -0.341 e. The highest BCUT2D eigenvalue weighted by Gasteiger charge is 2.33. The van der Waals surface area contributed by atoms with Crippen molar-refractivity contribution in [3.8, 4) is 0 Å². The first-order valence-electron chi connectivity index (χ1n) is 8.57. The first kappa shape index (κ1) is 20.2. The molecule has 0 radical (unpaired) electrons. The fourth-order valence-corrected chi connectivity index (χ4v) is 3.15. The second-order valence-corrected chi connectivity index (χ2v) is 6.57. The average Bonchev–Trinajstić information content (AvgIpc) is 2.61. The minimum absolute atomic E-state index is 0.333. The zero-order chi connectivity index (χ0) is 19.3. The molecule has 0 aromatic heterocycles. The van der Waals surface area contributed by atoms with E-state index in [0.717, 1.165) is 37.1 Å². The van der Waals surface area contributed by atoms with Gasteiger partial charge in [0.25, 0.3) is 5.91 Å². The molecular weight excluding hydrogens is 349 g/mol. The summed E-state index contributed by atoms with van der Waals surface area (Å²) in [6, 6.07) is 4.53. The predicted octanol–water partition coefficient (Wildman–Crippen LogP) is -1.17. The number of quaternary nitrogens is 2. The Hall–Kier alpha value is -2.13. The summed E-state index contributed by atoms with van der Waals surface area (Å²) in [5.74, 6) is -0.333. The summed E-state index contributed by atoms with van der Waals surface area (Å²) in [7, 11) is 1.44. The van der Waals surface area contributed by atoms with Crippen molar-refractivity contribution in [2.24, 2.45) is 0 Å². The summed E-state index contributed by atoms with van der Waals surface area (Å²) < 4.78 is 38.4. The molecule has 2 rings (SSSR count). The molecule has 1 saturated heterocycles. The maximum absolute atomic E-state index is 12.8. The van der Waals surface area contributed by atoms with Crippen LogP contribution in [-0.4, -0.2) is 51.2 Å². The van der Waals surface area contributed by atoms with Crippen molar-refractivity contribution >= 4 is 11.9 Å². The van der Waals surface area contributed by atoms with Gasteiger partial charge in [0.05, 0.1) is 5.56 Å². The molecule has 6 nitrogen and oxygen atoms in total. The third kappa shape index (κ3) is 5.43. The van der Waals surface area contributed by atoms with Gasteiger partial charge in [-0.1, -0.05) is 12.1 Å². The molecule has 144 valence electrons. The summed E-state index contributed by atoms with van der Waals surface area (Å²) in [6.07, 6.45) is -4.33. The first-order chi connectivity index (χ1) is 12.2. The van der Waals surface area contributed by atoms with Gasteiger partial charge < -0.3 is 15.1 Å². The monoisotopic (exact) mass is 374 g/mol. The number of imide groups is 1. The van der Waals surface area contributed by atoms with Crippen molar-refractivity contribution in [3.05, 3.63) is 35.4 Å². The molecule has 0 aliphatic carbocycles. The number of hydrogen-bond acceptors (Lipinski definition) is 2. The molecule has 1 aliphatic heterocycles. The number of amides is 3. The maximum Gasteiger partial charge on any atom is 0.416 e. The predicted molar refractivity (Wildman–Crippen MR) is 88.6 cm³/mol. The molecule has 0 spiro atoms. The lowest BCUT2D eigenvalue weighted by Gasteiger charge is -2.32. The number of carbonyl (C=O) groups excluding carboxylic acids is 2. The van der Waals surface area contributed by atoms with Crippen molar-refractivity contribution < 1.29 is 32.6 Å². The quantitative estimate of drug-likeness (QED) is 0.537. The molecule has 0 unspecified atom stereocenters. The van der Waals surface area contributed by atoms with E-state index < -0.39 is 17.8 Å². The number of hydrogen-bond donors (Lipinski definition) is 4. The van der Waals surface area contributed by atoms with Crippen LogP contribution in [0.2, 0.25) is 0 Å². The SMILES string of the molecule is CNC(=O)NC(=O)[C@@H](C)[NH+]1CC[NH+](Cc2cccc(C(F)(F)F)c2)CC1. The molecule has 0 bridgehead atoms. The molecule has 26 heavy (non-hydrogen) atoms. The number of urea groups is 1. The molecule has 1 heterocycles. The van der Waals surface area contributed by atoms with E-state index >= 15 is 0 Å². The number of carbonyl (C=O) groups is 2. The summed E-state index contributed by atoms with van der Waals surface area (Å²) >= 11 is 0. The van der Waals surface area contributed by atoms with E-state index in [1.165, 1.54) is 24.1 Å². The number of alkyl halides is 3. The van der Waals surface area contributed by atoms with E-state index in [1.807, 2.05) is 0 Å². The fraction of sp³-hybridized carbons (Fsp3) is 0.529. The number of halogens is 3. The van der Waals surface area contributed by atoms with E-state index in [1.54, 1.807) is 13.0 Å². The number of rotatable bonds is 4. The van der Waals surface area contributed by atoms with Gasteiger partial charge in [-0.05, 0) is 19.1 Å². The van der Waals surface area contributed by atoms with Crippen molar-refractivity contribution in [1.29, 1.82) is 0 Å². The minimum atomic E-state index is -4.33. The van der Waals surface area contributed by atoms with Gasteiger partial charge in [0.15, 0.2) is 6.04 Å². The number of piperazine rings is 1. The van der Waals surface area contributed by atoms with Crippen LogP contribution < -0.4 is 20.4 Å². The van der Waals surface area contributed by atoms with Crippen LogP contribution in [0.1, 0.15) is 18.1 Å². The van der Waals surface area contributed by atoms with Gasteiger partial charge in [0.2, 0.25) is 0 Å². The van der Waals surface area contributed by atoms with Gasteiger partial charge in [0, 0.05) is 12.6 Å². The molecule has 1 aromatic carbocycles. The average molecular weight is 374 g/mol. The lowest BCUT2D eigenvalue weighted by Crippen LogP contribution is -3.29. The van der Waals surface area contributed by atoms with Crippen molar-refractivity contribution in [1.82, 2.24) is 10.6 Å².